The molecule has 2 heterocycles. The number of sulfonamides is 1. The first-order valence-corrected chi connectivity index (χ1v) is 11.8. The summed E-state index contributed by atoms with van der Waals surface area (Å²) < 4.78 is 40.5. The first kappa shape index (κ1) is 20.8. The Balaban J connectivity index is 1.38. The predicted octanol–water partition coefficient (Wildman–Crippen LogP) is 3.33. The van der Waals surface area contributed by atoms with Gasteiger partial charge < -0.3 is 9.80 Å². The molecule has 4 rings (SSSR count). The van der Waals surface area contributed by atoms with Crippen molar-refractivity contribution in [3.05, 3.63) is 59.9 Å². The lowest BCUT2D eigenvalue weighted by Crippen LogP contribution is -2.45. The fourth-order valence-electron chi connectivity index (χ4n) is 4.23. The minimum absolute atomic E-state index is 0.0520. The van der Waals surface area contributed by atoms with Crippen molar-refractivity contribution >= 4 is 21.6 Å². The number of likely N-dealkylation sites (tertiary alicyclic amines) is 2. The molecule has 0 atom stereocenters. The summed E-state index contributed by atoms with van der Waals surface area (Å²) in [6.45, 7) is 3.79. The maximum atomic E-state index is 13.0. The summed E-state index contributed by atoms with van der Waals surface area (Å²) in [6.07, 6.45) is 4.51. The minimum atomic E-state index is -3.81. The average molecular weight is 432 g/mol. The summed E-state index contributed by atoms with van der Waals surface area (Å²) in [6, 6.07) is 11.6. The minimum Gasteiger partial charge on any atom is -0.339 e. The molecule has 0 aliphatic carbocycles. The van der Waals surface area contributed by atoms with Crippen LogP contribution in [0.25, 0.3) is 0 Å². The van der Waals surface area contributed by atoms with Gasteiger partial charge in [-0.05, 0) is 87.3 Å². The molecule has 2 fully saturated rings. The van der Waals surface area contributed by atoms with Gasteiger partial charge in [-0.2, -0.15) is 0 Å². The van der Waals surface area contributed by atoms with Crippen LogP contribution in [-0.4, -0.2) is 56.3 Å². The highest BCUT2D eigenvalue weighted by molar-refractivity contribution is 7.92. The highest BCUT2D eigenvalue weighted by Crippen LogP contribution is 2.23. The molecule has 1 N–H and O–H groups in total. The third-order valence-electron chi connectivity index (χ3n) is 5.92. The quantitative estimate of drug-likeness (QED) is 0.789. The van der Waals surface area contributed by atoms with Crippen molar-refractivity contribution in [2.75, 3.05) is 30.9 Å². The highest BCUT2D eigenvalue weighted by atomic mass is 32.2. The number of carbonyl (C=O) groups excluding carboxylic acids is 1. The third-order valence-corrected chi connectivity index (χ3v) is 7.31. The molecule has 1 amide bonds. The van der Waals surface area contributed by atoms with Crippen molar-refractivity contribution in [1.82, 2.24) is 9.80 Å². The molecular weight excluding hydrogens is 405 g/mol. The highest BCUT2D eigenvalue weighted by Gasteiger charge is 2.28. The van der Waals surface area contributed by atoms with Crippen LogP contribution in [0.5, 0.6) is 0 Å². The molecule has 0 saturated carbocycles. The van der Waals surface area contributed by atoms with Crippen LogP contribution >= 0.6 is 0 Å². The van der Waals surface area contributed by atoms with Crippen LogP contribution in [0.4, 0.5) is 10.1 Å². The fourth-order valence-corrected chi connectivity index (χ4v) is 5.29. The van der Waals surface area contributed by atoms with E-state index in [0.29, 0.717) is 11.6 Å². The second kappa shape index (κ2) is 8.73. The topological polar surface area (TPSA) is 69.7 Å². The van der Waals surface area contributed by atoms with Gasteiger partial charge in [-0.15, -0.1) is 0 Å². The lowest BCUT2D eigenvalue weighted by Gasteiger charge is -2.36. The van der Waals surface area contributed by atoms with Gasteiger partial charge in [0.25, 0.3) is 15.9 Å². The maximum absolute atomic E-state index is 13.0. The molecule has 0 radical (unpaired) electrons. The van der Waals surface area contributed by atoms with Crippen LogP contribution in [-0.2, 0) is 10.0 Å². The average Bonchev–Trinajstić information content (AvgIpc) is 3.30. The van der Waals surface area contributed by atoms with Gasteiger partial charge in [0.05, 0.1) is 4.90 Å². The molecule has 160 valence electrons. The van der Waals surface area contributed by atoms with Gasteiger partial charge >= 0.3 is 0 Å². The first-order chi connectivity index (χ1) is 14.4. The van der Waals surface area contributed by atoms with Gasteiger partial charge in [0, 0.05) is 30.4 Å². The standard InChI is InChI=1S/C22H26FN3O3S/c23-18-5-7-19(8-6-18)24-30(28,29)21-9-3-17(4-10-21)22(27)26-15-11-20(12-16-26)25-13-1-2-14-25/h3-10,20,24H,1-2,11-16H2. The van der Waals surface area contributed by atoms with Gasteiger partial charge in [-0.25, -0.2) is 12.8 Å². The molecule has 0 bridgehead atoms. The van der Waals surface area contributed by atoms with Crippen molar-refractivity contribution < 1.29 is 17.6 Å². The molecule has 8 heteroatoms. The largest absolute Gasteiger partial charge is 0.339 e. The summed E-state index contributed by atoms with van der Waals surface area (Å²) in [5.41, 5.74) is 0.757. The number of nitrogens with one attached hydrogen (secondary N) is 1. The van der Waals surface area contributed by atoms with E-state index in [2.05, 4.69) is 9.62 Å². The molecule has 2 aromatic carbocycles. The molecule has 2 aliphatic heterocycles. The molecule has 0 unspecified atom stereocenters. The Morgan fingerprint density at radius 1 is 0.900 bits per heavy atom. The van der Waals surface area contributed by atoms with E-state index >= 15 is 0 Å². The zero-order valence-electron chi connectivity index (χ0n) is 16.8. The Labute approximate surface area is 176 Å². The third kappa shape index (κ3) is 4.65. The number of halogens is 1. The van der Waals surface area contributed by atoms with E-state index in [9.17, 15) is 17.6 Å². The zero-order valence-corrected chi connectivity index (χ0v) is 17.6. The van der Waals surface area contributed by atoms with Crippen molar-refractivity contribution in [2.45, 2.75) is 36.6 Å². The molecule has 2 aliphatic rings. The van der Waals surface area contributed by atoms with E-state index in [-0.39, 0.29) is 16.5 Å². The van der Waals surface area contributed by atoms with Crippen LogP contribution in [0.2, 0.25) is 0 Å². The van der Waals surface area contributed by atoms with E-state index in [0.717, 1.165) is 25.9 Å². The molecule has 6 nitrogen and oxygen atoms in total. The summed E-state index contributed by atoms with van der Waals surface area (Å²) >= 11 is 0. The number of nitrogens with zero attached hydrogens (tertiary/aromatic N) is 2. The van der Waals surface area contributed by atoms with Gasteiger partial charge in [-0.1, -0.05) is 0 Å². The van der Waals surface area contributed by atoms with Gasteiger partial charge in [0.1, 0.15) is 5.82 Å². The van der Waals surface area contributed by atoms with Gasteiger partial charge in [0.15, 0.2) is 0 Å². The second-order valence-electron chi connectivity index (χ2n) is 7.90. The smallest absolute Gasteiger partial charge is 0.261 e. The Hall–Kier alpha value is -2.45. The van der Waals surface area contributed by atoms with Gasteiger partial charge in [0.2, 0.25) is 0 Å². The van der Waals surface area contributed by atoms with E-state index < -0.39 is 15.8 Å². The van der Waals surface area contributed by atoms with E-state index in [1.807, 2.05) is 4.90 Å². The summed E-state index contributed by atoms with van der Waals surface area (Å²) in [5, 5.41) is 0. The normalized spacial score (nSPS) is 18.5. The number of benzene rings is 2. The molecule has 0 aromatic heterocycles. The number of hydrogen-bond acceptors (Lipinski definition) is 4. The Morgan fingerprint density at radius 3 is 2.10 bits per heavy atom. The van der Waals surface area contributed by atoms with Crippen LogP contribution in [0.15, 0.2) is 53.4 Å². The maximum Gasteiger partial charge on any atom is 0.261 e. The number of anilines is 1. The van der Waals surface area contributed by atoms with E-state index in [4.69, 9.17) is 0 Å². The number of hydrogen-bond donors (Lipinski definition) is 1. The second-order valence-corrected chi connectivity index (χ2v) is 9.59. The number of rotatable bonds is 5. The predicted molar refractivity (Wildman–Crippen MR) is 113 cm³/mol. The zero-order chi connectivity index (χ0) is 21.1. The number of piperidine rings is 1. The first-order valence-electron chi connectivity index (χ1n) is 10.3. The molecular formula is C22H26FN3O3S. The SMILES string of the molecule is O=C(c1ccc(S(=O)(=O)Nc2ccc(F)cc2)cc1)N1CCC(N2CCCC2)CC1. The summed E-state index contributed by atoms with van der Waals surface area (Å²) in [5.74, 6) is -0.504. The van der Waals surface area contributed by atoms with Gasteiger partial charge in [-0.3, -0.25) is 9.52 Å². The number of carbonyl (C=O) groups is 1. The van der Waals surface area contributed by atoms with Crippen LogP contribution in [0, 0.1) is 5.82 Å². The van der Waals surface area contributed by atoms with E-state index in [1.54, 1.807) is 12.1 Å². The monoisotopic (exact) mass is 431 g/mol. The fraction of sp³-hybridized carbons (Fsp3) is 0.409. The Morgan fingerprint density at radius 2 is 1.50 bits per heavy atom. The van der Waals surface area contributed by atoms with Crippen LogP contribution in [0.3, 0.4) is 0 Å². The lowest BCUT2D eigenvalue weighted by molar-refractivity contribution is 0.0644. The molecule has 2 saturated heterocycles. The number of amides is 1. The van der Waals surface area contributed by atoms with Crippen molar-refractivity contribution in [2.24, 2.45) is 0 Å². The molecule has 30 heavy (non-hydrogen) atoms. The van der Waals surface area contributed by atoms with Crippen LogP contribution in [0.1, 0.15) is 36.0 Å². The Kier molecular flexibility index (Phi) is 6.06. The Bertz CT molecular complexity index is 979. The van der Waals surface area contributed by atoms with E-state index in [1.165, 1.54) is 62.3 Å². The summed E-state index contributed by atoms with van der Waals surface area (Å²) in [4.78, 5) is 17.3. The lowest BCUT2D eigenvalue weighted by atomic mass is 10.0. The summed E-state index contributed by atoms with van der Waals surface area (Å²) in [7, 11) is -3.81. The van der Waals surface area contributed by atoms with Crippen molar-refractivity contribution in [3.63, 3.8) is 0 Å². The van der Waals surface area contributed by atoms with Crippen molar-refractivity contribution in [3.8, 4) is 0 Å². The molecule has 0 spiro atoms. The van der Waals surface area contributed by atoms with Crippen LogP contribution < -0.4 is 4.72 Å². The molecule has 2 aromatic rings. The van der Waals surface area contributed by atoms with Crippen molar-refractivity contribution in [1.29, 1.82) is 0 Å².